The molecule has 6 nitrogen and oxygen atoms in total. The molecule has 0 atom stereocenters. The van der Waals surface area contributed by atoms with Gasteiger partial charge in [-0.15, -0.1) is 0 Å². The van der Waals surface area contributed by atoms with Crippen LogP contribution in [0.5, 0.6) is 11.6 Å². The van der Waals surface area contributed by atoms with Gasteiger partial charge < -0.3 is 20.1 Å². The van der Waals surface area contributed by atoms with Gasteiger partial charge >= 0.3 is 0 Å². The van der Waals surface area contributed by atoms with Gasteiger partial charge in [0.2, 0.25) is 5.88 Å². The van der Waals surface area contributed by atoms with Crippen LogP contribution in [0.3, 0.4) is 0 Å². The average molecular weight is 388 g/mol. The Morgan fingerprint density at radius 2 is 1.93 bits per heavy atom. The molecular formula is C21H29FN4O2. The monoisotopic (exact) mass is 388 g/mol. The lowest BCUT2D eigenvalue weighted by atomic mass is 10.1. The molecule has 0 aliphatic carbocycles. The number of hydrogen-bond donors (Lipinski definition) is 2. The number of hydrogen-bond acceptors (Lipinski definition) is 4. The maximum absolute atomic E-state index is 13.0. The van der Waals surface area contributed by atoms with Crippen molar-refractivity contribution in [3.8, 4) is 11.6 Å². The first-order chi connectivity index (χ1) is 13.6. The van der Waals surface area contributed by atoms with E-state index in [-0.39, 0.29) is 5.82 Å². The van der Waals surface area contributed by atoms with E-state index in [1.165, 1.54) is 12.1 Å². The third kappa shape index (κ3) is 8.35. The van der Waals surface area contributed by atoms with Gasteiger partial charge in [-0.1, -0.05) is 13.8 Å². The highest BCUT2D eigenvalue weighted by Gasteiger charge is 2.03. The van der Waals surface area contributed by atoms with E-state index in [4.69, 9.17) is 9.47 Å². The topological polar surface area (TPSA) is 67.8 Å². The van der Waals surface area contributed by atoms with Crippen molar-refractivity contribution in [1.82, 2.24) is 15.6 Å². The summed E-state index contributed by atoms with van der Waals surface area (Å²) >= 11 is 0. The van der Waals surface area contributed by atoms with Gasteiger partial charge in [-0.25, -0.2) is 9.37 Å². The van der Waals surface area contributed by atoms with Gasteiger partial charge in [0.15, 0.2) is 5.96 Å². The molecule has 152 valence electrons. The minimum Gasteiger partial charge on any atom is -0.439 e. The van der Waals surface area contributed by atoms with Crippen molar-refractivity contribution in [3.63, 3.8) is 0 Å². The predicted molar refractivity (Wildman–Crippen MR) is 109 cm³/mol. The minimum atomic E-state index is -0.303. The number of aromatic nitrogens is 1. The summed E-state index contributed by atoms with van der Waals surface area (Å²) in [6.45, 7) is 7.03. The van der Waals surface area contributed by atoms with Crippen molar-refractivity contribution < 1.29 is 13.9 Å². The zero-order valence-electron chi connectivity index (χ0n) is 16.7. The third-order valence-corrected chi connectivity index (χ3v) is 3.90. The van der Waals surface area contributed by atoms with Gasteiger partial charge in [0.1, 0.15) is 11.6 Å². The largest absolute Gasteiger partial charge is 0.439 e. The molecule has 2 rings (SSSR count). The van der Waals surface area contributed by atoms with E-state index in [0.717, 1.165) is 18.6 Å². The molecule has 1 aromatic carbocycles. The maximum Gasteiger partial charge on any atom is 0.219 e. The summed E-state index contributed by atoms with van der Waals surface area (Å²) in [6.07, 6.45) is 2.74. The number of pyridine rings is 1. The SMILES string of the molecule is CN=C(NCCOCCC(C)C)NCc1ccnc(Oc2ccc(F)cc2)c1. The van der Waals surface area contributed by atoms with Crippen LogP contribution in [0.15, 0.2) is 47.6 Å². The number of ether oxygens (including phenoxy) is 2. The fourth-order valence-corrected chi connectivity index (χ4v) is 2.31. The Balaban J connectivity index is 1.75. The quantitative estimate of drug-likeness (QED) is 0.369. The number of nitrogens with zero attached hydrogens (tertiary/aromatic N) is 2. The summed E-state index contributed by atoms with van der Waals surface area (Å²) in [5.74, 6) is 2.04. The van der Waals surface area contributed by atoms with Crippen LogP contribution >= 0.6 is 0 Å². The smallest absolute Gasteiger partial charge is 0.219 e. The van der Waals surface area contributed by atoms with Crippen LogP contribution in [0.4, 0.5) is 4.39 Å². The predicted octanol–water partition coefficient (Wildman–Crippen LogP) is 3.74. The molecule has 0 bridgehead atoms. The highest BCUT2D eigenvalue weighted by molar-refractivity contribution is 5.79. The van der Waals surface area contributed by atoms with Gasteiger partial charge in [-0.2, -0.15) is 0 Å². The van der Waals surface area contributed by atoms with Gasteiger partial charge in [0, 0.05) is 39.0 Å². The summed E-state index contributed by atoms with van der Waals surface area (Å²) in [6, 6.07) is 9.56. The Bertz CT molecular complexity index is 735. The number of halogens is 1. The lowest BCUT2D eigenvalue weighted by Crippen LogP contribution is -2.38. The summed E-state index contributed by atoms with van der Waals surface area (Å²) in [7, 11) is 1.73. The Morgan fingerprint density at radius 1 is 1.14 bits per heavy atom. The van der Waals surface area contributed by atoms with Crippen LogP contribution < -0.4 is 15.4 Å². The van der Waals surface area contributed by atoms with Crippen molar-refractivity contribution in [2.24, 2.45) is 10.9 Å². The first-order valence-corrected chi connectivity index (χ1v) is 9.47. The summed E-state index contributed by atoms with van der Waals surface area (Å²) in [5, 5.41) is 6.46. The van der Waals surface area contributed by atoms with Gasteiger partial charge in [0.25, 0.3) is 0 Å². The Morgan fingerprint density at radius 3 is 2.64 bits per heavy atom. The van der Waals surface area contributed by atoms with Crippen LogP contribution in [0.1, 0.15) is 25.8 Å². The molecule has 2 aromatic rings. The van der Waals surface area contributed by atoms with Crippen molar-refractivity contribution in [1.29, 1.82) is 0 Å². The van der Waals surface area contributed by atoms with Crippen molar-refractivity contribution in [2.75, 3.05) is 26.8 Å². The molecule has 0 unspecified atom stereocenters. The molecule has 0 saturated carbocycles. The molecule has 0 saturated heterocycles. The first-order valence-electron chi connectivity index (χ1n) is 9.47. The molecule has 0 radical (unpaired) electrons. The molecule has 0 fully saturated rings. The van der Waals surface area contributed by atoms with E-state index < -0.39 is 0 Å². The fourth-order valence-electron chi connectivity index (χ4n) is 2.31. The molecule has 7 heteroatoms. The average Bonchev–Trinajstić information content (AvgIpc) is 2.69. The van der Waals surface area contributed by atoms with Crippen LogP contribution in [-0.4, -0.2) is 37.7 Å². The second-order valence-corrected chi connectivity index (χ2v) is 6.71. The molecule has 1 aromatic heterocycles. The molecular weight excluding hydrogens is 359 g/mol. The highest BCUT2D eigenvalue weighted by Crippen LogP contribution is 2.20. The van der Waals surface area contributed by atoms with Crippen molar-refractivity contribution in [3.05, 3.63) is 54.0 Å². The molecule has 0 aliphatic rings. The number of benzene rings is 1. The third-order valence-electron chi connectivity index (χ3n) is 3.90. The zero-order chi connectivity index (χ0) is 20.2. The second kappa shape index (κ2) is 11.9. The molecule has 28 heavy (non-hydrogen) atoms. The van der Waals surface area contributed by atoms with E-state index >= 15 is 0 Å². The van der Waals surface area contributed by atoms with E-state index in [1.807, 2.05) is 12.1 Å². The Labute approximate surface area is 166 Å². The van der Waals surface area contributed by atoms with Crippen LogP contribution in [0.2, 0.25) is 0 Å². The van der Waals surface area contributed by atoms with Crippen molar-refractivity contribution in [2.45, 2.75) is 26.8 Å². The number of rotatable bonds is 10. The molecule has 0 spiro atoms. The van der Waals surface area contributed by atoms with E-state index in [2.05, 4.69) is 34.5 Å². The number of nitrogens with one attached hydrogen (secondary N) is 2. The molecule has 0 aliphatic heterocycles. The number of aliphatic imine (C=N–C) groups is 1. The van der Waals surface area contributed by atoms with E-state index in [9.17, 15) is 4.39 Å². The summed E-state index contributed by atoms with van der Waals surface area (Å²) in [5.41, 5.74) is 0.989. The lowest BCUT2D eigenvalue weighted by Gasteiger charge is -2.13. The Kier molecular flexibility index (Phi) is 9.21. The fraction of sp³-hybridized carbons (Fsp3) is 0.429. The van der Waals surface area contributed by atoms with E-state index in [1.54, 1.807) is 25.4 Å². The van der Waals surface area contributed by atoms with Crippen molar-refractivity contribution >= 4 is 5.96 Å². The Hall–Kier alpha value is -2.67. The summed E-state index contributed by atoms with van der Waals surface area (Å²) < 4.78 is 24.2. The first kappa shape index (κ1) is 21.6. The molecule has 2 N–H and O–H groups in total. The van der Waals surface area contributed by atoms with Crippen LogP contribution in [0.25, 0.3) is 0 Å². The lowest BCUT2D eigenvalue weighted by molar-refractivity contribution is 0.128. The van der Waals surface area contributed by atoms with Gasteiger partial charge in [-0.05, 0) is 48.2 Å². The molecule has 0 amide bonds. The second-order valence-electron chi connectivity index (χ2n) is 6.71. The molecule has 1 heterocycles. The van der Waals surface area contributed by atoms with Gasteiger partial charge in [-0.3, -0.25) is 4.99 Å². The standard InChI is InChI=1S/C21H29FN4O2/c1-16(2)9-12-27-13-11-25-21(23-3)26-15-17-8-10-24-20(14-17)28-19-6-4-18(22)5-7-19/h4-8,10,14,16H,9,11-13,15H2,1-3H3,(H2,23,25,26). The summed E-state index contributed by atoms with van der Waals surface area (Å²) in [4.78, 5) is 8.39. The highest BCUT2D eigenvalue weighted by atomic mass is 19.1. The van der Waals surface area contributed by atoms with Gasteiger partial charge in [0.05, 0.1) is 6.61 Å². The normalized spacial score (nSPS) is 11.5. The maximum atomic E-state index is 13.0. The van der Waals surface area contributed by atoms with Crippen LogP contribution in [0, 0.1) is 11.7 Å². The number of guanidine groups is 1. The van der Waals surface area contributed by atoms with E-state index in [0.29, 0.717) is 43.2 Å². The van der Waals surface area contributed by atoms with Crippen LogP contribution in [-0.2, 0) is 11.3 Å². The minimum absolute atomic E-state index is 0.303. The zero-order valence-corrected chi connectivity index (χ0v) is 16.7.